The van der Waals surface area contributed by atoms with Crippen molar-refractivity contribution in [1.82, 2.24) is 34.9 Å². The molecule has 10 aromatic carbocycles. The molecule has 3 aromatic heterocycles. The van der Waals surface area contributed by atoms with Crippen molar-refractivity contribution in [3.8, 4) is 102 Å². The van der Waals surface area contributed by atoms with E-state index in [1.54, 1.807) is 0 Å². The normalized spacial score (nSPS) is 11.8. The highest BCUT2D eigenvalue weighted by atomic mass is 15.3. The first-order valence-electron chi connectivity index (χ1n) is 30.5. The molecule has 88 heavy (non-hydrogen) atoms. The van der Waals surface area contributed by atoms with Gasteiger partial charge in [0.15, 0.2) is 23.3 Å². The van der Waals surface area contributed by atoms with Gasteiger partial charge in [-0.2, -0.15) is 0 Å². The Morgan fingerprint density at radius 1 is 0.261 bits per heavy atom. The summed E-state index contributed by atoms with van der Waals surface area (Å²) in [5, 5.41) is 0. The van der Waals surface area contributed by atoms with E-state index >= 15 is 0 Å². The number of hydrogen-bond donors (Lipinski definition) is 0. The molecule has 13 aromatic rings. The van der Waals surface area contributed by atoms with E-state index in [9.17, 15) is 0 Å². The van der Waals surface area contributed by atoms with Crippen LogP contribution in [0.25, 0.3) is 102 Å². The maximum absolute atomic E-state index is 5.70. The number of para-hydroxylation sites is 4. The zero-order chi connectivity index (χ0) is 59.2. The quantitative estimate of drug-likeness (QED) is 0.0883. The van der Waals surface area contributed by atoms with Gasteiger partial charge < -0.3 is 4.90 Å². The topological polar surface area (TPSA) is 96.7 Å². The molecule has 0 atom stereocenters. The lowest BCUT2D eigenvalue weighted by Gasteiger charge is -2.40. The molecule has 14 rings (SSSR count). The number of nitrogens with zero attached hydrogens (tertiary/aromatic N) is 9. The summed E-state index contributed by atoms with van der Waals surface area (Å²) in [5.74, 6) is 2.75. The Morgan fingerprint density at radius 2 is 0.591 bits per heavy atom. The summed E-state index contributed by atoms with van der Waals surface area (Å²) in [5.41, 5.74) is 19.6. The van der Waals surface area contributed by atoms with Crippen LogP contribution in [0.4, 0.5) is 34.4 Å². The Morgan fingerprint density at radius 3 is 0.977 bits per heavy atom. The molecular weight excluding hydrogens is 1070 g/mol. The molecule has 0 N–H and O–H groups in total. The molecular formula is C79H63N9. The minimum absolute atomic E-state index is 0.521. The lowest BCUT2D eigenvalue weighted by atomic mass is 9.90. The average molecular weight is 1140 g/mol. The summed E-state index contributed by atoms with van der Waals surface area (Å²) in [6.45, 7) is 4.54. The first-order valence-corrected chi connectivity index (χ1v) is 30.5. The van der Waals surface area contributed by atoms with Gasteiger partial charge in [-0.3, -0.25) is 4.90 Å². The number of rotatable bonds is 17. The fourth-order valence-corrected chi connectivity index (χ4v) is 11.8. The third-order valence-electron chi connectivity index (χ3n) is 16.2. The van der Waals surface area contributed by atoms with Crippen molar-refractivity contribution < 1.29 is 0 Å². The smallest absolute Gasteiger partial charge is 0.235 e. The van der Waals surface area contributed by atoms with Crippen LogP contribution in [0.2, 0.25) is 0 Å². The summed E-state index contributed by atoms with van der Waals surface area (Å²) in [6, 6.07) is 95.2. The standard InChI is InChI=1S/C79H63N9/c1-3-5-29-54-47-55(30-6-4-2)49-62(48-54)64-50-63(77-85-75(60-39-21-11-22-40-60)84-76(86-77)61-41-23-12-24-42-61)51-65(78-80-66(56-31-13-7-14-32-56)52-67(81-78)57-33-15-8-16-34-57)74(64)87-70-43-25-27-45-72(70)88(73-46-28-26-44-71(73)87)79-82-68(58-35-17-9-18-36-58)53-69(83-79)59-37-19-10-20-38-59/h7-28,31-53H,3-6,29-30H2,1-2H3. The first-order chi connectivity index (χ1) is 43.5. The van der Waals surface area contributed by atoms with E-state index in [2.05, 4.69) is 236 Å². The second-order valence-corrected chi connectivity index (χ2v) is 22.2. The van der Waals surface area contributed by atoms with Gasteiger partial charge in [-0.25, -0.2) is 34.9 Å². The highest BCUT2D eigenvalue weighted by Crippen LogP contribution is 2.58. The van der Waals surface area contributed by atoms with E-state index in [0.717, 1.165) is 145 Å². The number of fused-ring (bicyclic) bond motifs is 2. The van der Waals surface area contributed by atoms with Gasteiger partial charge in [0.05, 0.1) is 51.2 Å². The largest absolute Gasteiger partial charge is 0.305 e. The molecule has 9 heteroatoms. The van der Waals surface area contributed by atoms with Crippen LogP contribution in [-0.2, 0) is 12.8 Å². The van der Waals surface area contributed by atoms with Crippen LogP contribution in [-0.4, -0.2) is 34.9 Å². The van der Waals surface area contributed by atoms with Crippen LogP contribution in [0.5, 0.6) is 0 Å². The van der Waals surface area contributed by atoms with E-state index in [-0.39, 0.29) is 0 Å². The van der Waals surface area contributed by atoms with E-state index in [1.165, 1.54) is 11.1 Å². The third-order valence-corrected chi connectivity index (χ3v) is 16.2. The summed E-state index contributed by atoms with van der Waals surface area (Å²) < 4.78 is 0. The molecule has 0 radical (unpaired) electrons. The summed E-state index contributed by atoms with van der Waals surface area (Å²) in [4.78, 5) is 43.1. The predicted octanol–water partition coefficient (Wildman–Crippen LogP) is 20.4. The molecule has 1 aliphatic rings. The lowest BCUT2D eigenvalue weighted by molar-refractivity contribution is 0.781. The number of benzene rings is 10. The molecule has 0 spiro atoms. The van der Waals surface area contributed by atoms with Crippen molar-refractivity contribution >= 4 is 34.4 Å². The van der Waals surface area contributed by atoms with Gasteiger partial charge in [-0.1, -0.05) is 251 Å². The van der Waals surface area contributed by atoms with E-state index < -0.39 is 0 Å². The van der Waals surface area contributed by atoms with Crippen LogP contribution >= 0.6 is 0 Å². The van der Waals surface area contributed by atoms with E-state index in [4.69, 9.17) is 34.9 Å². The molecule has 424 valence electrons. The Hall–Kier alpha value is -11.0. The van der Waals surface area contributed by atoms with Crippen molar-refractivity contribution in [3.63, 3.8) is 0 Å². The minimum atomic E-state index is 0.521. The second-order valence-electron chi connectivity index (χ2n) is 22.2. The molecule has 0 amide bonds. The van der Waals surface area contributed by atoms with Crippen molar-refractivity contribution in [2.24, 2.45) is 0 Å². The van der Waals surface area contributed by atoms with Gasteiger partial charge in [0.25, 0.3) is 0 Å². The maximum atomic E-state index is 5.70. The third kappa shape index (κ3) is 11.2. The molecule has 0 bridgehead atoms. The monoisotopic (exact) mass is 1140 g/mol. The Kier molecular flexibility index (Phi) is 15.5. The maximum Gasteiger partial charge on any atom is 0.235 e. The lowest BCUT2D eigenvalue weighted by Crippen LogP contribution is -2.26. The SMILES string of the molecule is CCCCc1cc(CCCC)cc(-c2cc(-c3nc(-c4ccccc4)nc(-c4ccccc4)n3)cc(-c3nc(-c4ccccc4)cc(-c4ccccc4)n3)c2N2c3ccccc3N(c3nc(-c4ccccc4)cc(-c4ccccc4)n3)c3ccccc32)c1. The molecule has 9 nitrogen and oxygen atoms in total. The van der Waals surface area contributed by atoms with Gasteiger partial charge in [-0.05, 0) is 90.9 Å². The molecule has 0 saturated carbocycles. The van der Waals surface area contributed by atoms with Gasteiger partial charge in [0.1, 0.15) is 0 Å². The first kappa shape index (κ1) is 54.9. The number of anilines is 6. The van der Waals surface area contributed by atoms with E-state index in [0.29, 0.717) is 29.2 Å². The molecule has 0 unspecified atom stereocenters. The van der Waals surface area contributed by atoms with Crippen LogP contribution < -0.4 is 9.80 Å². The number of unbranched alkanes of at least 4 members (excludes halogenated alkanes) is 2. The summed E-state index contributed by atoms with van der Waals surface area (Å²) in [6.07, 6.45) is 6.17. The van der Waals surface area contributed by atoms with Gasteiger partial charge >= 0.3 is 0 Å². The van der Waals surface area contributed by atoms with Crippen molar-refractivity contribution in [2.45, 2.75) is 52.4 Å². The molecule has 4 heterocycles. The van der Waals surface area contributed by atoms with Crippen LogP contribution in [0, 0.1) is 0 Å². The molecule has 0 fully saturated rings. The fourth-order valence-electron chi connectivity index (χ4n) is 11.8. The van der Waals surface area contributed by atoms with Crippen LogP contribution in [0.15, 0.2) is 273 Å². The highest BCUT2D eigenvalue weighted by Gasteiger charge is 2.36. The Labute approximate surface area is 514 Å². The summed E-state index contributed by atoms with van der Waals surface area (Å²) in [7, 11) is 0. The van der Waals surface area contributed by atoms with Gasteiger partial charge in [0.2, 0.25) is 5.95 Å². The zero-order valence-electron chi connectivity index (χ0n) is 49.2. The number of aryl methyl sites for hydroxylation is 2. The summed E-state index contributed by atoms with van der Waals surface area (Å²) >= 11 is 0. The molecule has 1 aliphatic heterocycles. The van der Waals surface area contributed by atoms with Gasteiger partial charge in [0, 0.05) is 50.1 Å². The Balaban J connectivity index is 1.10. The van der Waals surface area contributed by atoms with Crippen molar-refractivity contribution in [1.29, 1.82) is 0 Å². The molecule has 0 saturated heterocycles. The molecule has 0 aliphatic carbocycles. The van der Waals surface area contributed by atoms with Crippen LogP contribution in [0.1, 0.15) is 50.7 Å². The zero-order valence-corrected chi connectivity index (χ0v) is 49.2. The highest BCUT2D eigenvalue weighted by molar-refractivity contribution is 6.07. The minimum Gasteiger partial charge on any atom is -0.305 e. The van der Waals surface area contributed by atoms with Crippen LogP contribution in [0.3, 0.4) is 0 Å². The van der Waals surface area contributed by atoms with E-state index in [1.807, 2.05) is 60.7 Å². The number of aromatic nitrogens is 7. The fraction of sp³-hybridized carbons (Fsp3) is 0.101. The Bertz CT molecular complexity index is 4340. The van der Waals surface area contributed by atoms with Gasteiger partial charge in [-0.15, -0.1) is 0 Å². The van der Waals surface area contributed by atoms with Crippen molar-refractivity contribution in [3.05, 3.63) is 284 Å². The predicted molar refractivity (Wildman–Crippen MR) is 360 cm³/mol. The second kappa shape index (κ2) is 24.9. The average Bonchev–Trinajstić information content (AvgIpc) is 0.796. The van der Waals surface area contributed by atoms with Crippen molar-refractivity contribution in [2.75, 3.05) is 9.80 Å². The number of hydrogen-bond acceptors (Lipinski definition) is 9.